The SMILES string of the molecule is CC(=O)Nc1ccc2c(c1)NC(=O)CO2. The largest absolute Gasteiger partial charge is 0.482 e. The third-order valence-electron chi connectivity index (χ3n) is 1.93. The normalized spacial score (nSPS) is 13.5. The molecule has 1 aromatic rings. The molecular formula is C10H10N2O3. The number of hydrogen-bond donors (Lipinski definition) is 2. The second-order valence-electron chi connectivity index (χ2n) is 3.23. The van der Waals surface area contributed by atoms with E-state index in [0.717, 1.165) is 0 Å². The average molecular weight is 206 g/mol. The molecule has 0 aliphatic carbocycles. The van der Waals surface area contributed by atoms with Gasteiger partial charge in [0.2, 0.25) is 5.91 Å². The summed E-state index contributed by atoms with van der Waals surface area (Å²) in [6.07, 6.45) is 0. The van der Waals surface area contributed by atoms with Gasteiger partial charge in [-0.05, 0) is 18.2 Å². The second kappa shape index (κ2) is 3.61. The van der Waals surface area contributed by atoms with Gasteiger partial charge in [-0.15, -0.1) is 0 Å². The minimum atomic E-state index is -0.192. The van der Waals surface area contributed by atoms with Crippen LogP contribution in [0.2, 0.25) is 0 Å². The van der Waals surface area contributed by atoms with Gasteiger partial charge in [-0.25, -0.2) is 0 Å². The van der Waals surface area contributed by atoms with Crippen LogP contribution in [0.1, 0.15) is 6.92 Å². The minimum Gasteiger partial charge on any atom is -0.482 e. The molecule has 0 unspecified atom stereocenters. The molecule has 1 aliphatic rings. The zero-order valence-electron chi connectivity index (χ0n) is 8.16. The molecule has 15 heavy (non-hydrogen) atoms. The maximum Gasteiger partial charge on any atom is 0.262 e. The van der Waals surface area contributed by atoms with Crippen LogP contribution >= 0.6 is 0 Å². The van der Waals surface area contributed by atoms with Crippen molar-refractivity contribution in [3.63, 3.8) is 0 Å². The van der Waals surface area contributed by atoms with Crippen LogP contribution < -0.4 is 15.4 Å². The molecule has 0 radical (unpaired) electrons. The van der Waals surface area contributed by atoms with Crippen molar-refractivity contribution in [1.29, 1.82) is 0 Å². The topological polar surface area (TPSA) is 67.4 Å². The number of fused-ring (bicyclic) bond motifs is 1. The first-order chi connectivity index (χ1) is 7.15. The molecule has 2 N–H and O–H groups in total. The highest BCUT2D eigenvalue weighted by atomic mass is 16.5. The van der Waals surface area contributed by atoms with Crippen molar-refractivity contribution < 1.29 is 14.3 Å². The van der Waals surface area contributed by atoms with E-state index < -0.39 is 0 Å². The maximum atomic E-state index is 11.0. The molecule has 2 rings (SSSR count). The van der Waals surface area contributed by atoms with E-state index in [-0.39, 0.29) is 18.4 Å². The van der Waals surface area contributed by atoms with Gasteiger partial charge in [0, 0.05) is 12.6 Å². The molecule has 78 valence electrons. The van der Waals surface area contributed by atoms with Crippen molar-refractivity contribution in [2.24, 2.45) is 0 Å². The Bertz CT molecular complexity index is 429. The van der Waals surface area contributed by atoms with Gasteiger partial charge >= 0.3 is 0 Å². The van der Waals surface area contributed by atoms with Gasteiger partial charge in [0.1, 0.15) is 5.75 Å². The highest BCUT2D eigenvalue weighted by Crippen LogP contribution is 2.30. The van der Waals surface area contributed by atoms with Crippen molar-refractivity contribution in [1.82, 2.24) is 0 Å². The fourth-order valence-electron chi connectivity index (χ4n) is 1.36. The Hall–Kier alpha value is -2.04. The first-order valence-corrected chi connectivity index (χ1v) is 4.49. The number of ether oxygens (including phenoxy) is 1. The monoisotopic (exact) mass is 206 g/mol. The molecule has 0 bridgehead atoms. The maximum absolute atomic E-state index is 11.0. The Morgan fingerprint density at radius 1 is 1.53 bits per heavy atom. The third-order valence-corrected chi connectivity index (χ3v) is 1.93. The number of carbonyl (C=O) groups excluding carboxylic acids is 2. The Morgan fingerprint density at radius 3 is 3.07 bits per heavy atom. The predicted molar refractivity (Wildman–Crippen MR) is 54.9 cm³/mol. The lowest BCUT2D eigenvalue weighted by atomic mass is 10.2. The van der Waals surface area contributed by atoms with Gasteiger partial charge in [0.15, 0.2) is 6.61 Å². The fourth-order valence-corrected chi connectivity index (χ4v) is 1.36. The highest BCUT2D eigenvalue weighted by molar-refractivity contribution is 5.97. The standard InChI is InChI=1S/C10H10N2O3/c1-6(13)11-7-2-3-9-8(4-7)12-10(14)5-15-9/h2-4H,5H2,1H3,(H,11,13)(H,12,14). The molecule has 1 aromatic carbocycles. The molecule has 0 spiro atoms. The summed E-state index contributed by atoms with van der Waals surface area (Å²) in [4.78, 5) is 21.9. The van der Waals surface area contributed by atoms with Gasteiger partial charge in [-0.2, -0.15) is 0 Å². The Balaban J connectivity index is 2.28. The lowest BCUT2D eigenvalue weighted by Crippen LogP contribution is -2.25. The van der Waals surface area contributed by atoms with Crippen molar-refractivity contribution >= 4 is 23.2 Å². The van der Waals surface area contributed by atoms with E-state index in [4.69, 9.17) is 4.74 Å². The molecule has 0 fully saturated rings. The molecule has 0 atom stereocenters. The summed E-state index contributed by atoms with van der Waals surface area (Å²) >= 11 is 0. The van der Waals surface area contributed by atoms with Crippen LogP contribution in [0.5, 0.6) is 5.75 Å². The van der Waals surface area contributed by atoms with Gasteiger partial charge in [0.05, 0.1) is 5.69 Å². The lowest BCUT2D eigenvalue weighted by Gasteiger charge is -2.18. The summed E-state index contributed by atoms with van der Waals surface area (Å²) in [6, 6.07) is 5.09. The first kappa shape index (κ1) is 9.51. The van der Waals surface area contributed by atoms with Crippen LogP contribution in [0.4, 0.5) is 11.4 Å². The van der Waals surface area contributed by atoms with Crippen LogP contribution in [0, 0.1) is 0 Å². The van der Waals surface area contributed by atoms with Crippen LogP contribution in [-0.2, 0) is 9.59 Å². The van der Waals surface area contributed by atoms with E-state index in [2.05, 4.69) is 10.6 Å². The number of amides is 2. The minimum absolute atomic E-state index is 0.0342. The fraction of sp³-hybridized carbons (Fsp3) is 0.200. The number of nitrogens with one attached hydrogen (secondary N) is 2. The predicted octanol–water partition coefficient (Wildman–Crippen LogP) is 0.976. The zero-order valence-corrected chi connectivity index (χ0v) is 8.16. The van der Waals surface area contributed by atoms with Crippen LogP contribution in [-0.4, -0.2) is 18.4 Å². The van der Waals surface area contributed by atoms with E-state index in [1.54, 1.807) is 18.2 Å². The van der Waals surface area contributed by atoms with Gasteiger partial charge in [-0.1, -0.05) is 0 Å². The lowest BCUT2D eigenvalue weighted by molar-refractivity contribution is -0.118. The van der Waals surface area contributed by atoms with Crippen LogP contribution in [0.3, 0.4) is 0 Å². The quantitative estimate of drug-likeness (QED) is 0.719. The van der Waals surface area contributed by atoms with Gasteiger partial charge in [-0.3, -0.25) is 9.59 Å². The molecule has 1 aliphatic heterocycles. The molecular weight excluding hydrogens is 196 g/mol. The van der Waals surface area contributed by atoms with Gasteiger partial charge < -0.3 is 15.4 Å². The summed E-state index contributed by atoms with van der Waals surface area (Å²) in [5.41, 5.74) is 1.21. The summed E-state index contributed by atoms with van der Waals surface area (Å²) in [6.45, 7) is 1.46. The summed E-state index contributed by atoms with van der Waals surface area (Å²) in [5.74, 6) is 0.268. The number of hydrogen-bond acceptors (Lipinski definition) is 3. The van der Waals surface area contributed by atoms with Gasteiger partial charge in [0.25, 0.3) is 5.91 Å². The van der Waals surface area contributed by atoms with E-state index >= 15 is 0 Å². The number of carbonyl (C=O) groups is 2. The zero-order chi connectivity index (χ0) is 10.8. The van der Waals surface area contributed by atoms with Crippen molar-refractivity contribution in [2.45, 2.75) is 6.92 Å². The molecule has 5 nitrogen and oxygen atoms in total. The Labute approximate surface area is 86.4 Å². The van der Waals surface area contributed by atoms with Crippen molar-refractivity contribution in [2.75, 3.05) is 17.2 Å². The van der Waals surface area contributed by atoms with E-state index in [9.17, 15) is 9.59 Å². The number of anilines is 2. The third kappa shape index (κ3) is 2.07. The van der Waals surface area contributed by atoms with Crippen molar-refractivity contribution in [3.8, 4) is 5.75 Å². The molecule has 2 amide bonds. The second-order valence-corrected chi connectivity index (χ2v) is 3.23. The summed E-state index contributed by atoms with van der Waals surface area (Å²) < 4.78 is 5.17. The molecule has 0 saturated heterocycles. The van der Waals surface area contributed by atoms with E-state index in [1.807, 2.05) is 0 Å². The number of benzene rings is 1. The summed E-state index contributed by atoms with van der Waals surface area (Å²) in [7, 11) is 0. The number of rotatable bonds is 1. The Morgan fingerprint density at radius 2 is 2.33 bits per heavy atom. The molecule has 0 saturated carbocycles. The Kier molecular flexibility index (Phi) is 2.29. The molecule has 5 heteroatoms. The highest BCUT2D eigenvalue weighted by Gasteiger charge is 2.15. The average Bonchev–Trinajstić information content (AvgIpc) is 2.16. The van der Waals surface area contributed by atoms with Crippen molar-refractivity contribution in [3.05, 3.63) is 18.2 Å². The van der Waals surface area contributed by atoms with E-state index in [1.165, 1.54) is 6.92 Å². The molecule has 0 aromatic heterocycles. The summed E-state index contributed by atoms with van der Waals surface area (Å²) in [5, 5.41) is 5.28. The first-order valence-electron chi connectivity index (χ1n) is 4.49. The molecule has 1 heterocycles. The van der Waals surface area contributed by atoms with Crippen LogP contribution in [0.25, 0.3) is 0 Å². The smallest absolute Gasteiger partial charge is 0.262 e. The van der Waals surface area contributed by atoms with Crippen LogP contribution in [0.15, 0.2) is 18.2 Å². The van der Waals surface area contributed by atoms with E-state index in [0.29, 0.717) is 17.1 Å².